The molecule has 82 valence electrons. The number of hydrogen-bond donors (Lipinski definition) is 1. The van der Waals surface area contributed by atoms with Crippen LogP contribution in [0.5, 0.6) is 0 Å². The number of furan rings is 1. The monoisotopic (exact) mass is 211 g/mol. The number of ether oxygens (including phenoxy) is 1. The summed E-state index contributed by atoms with van der Waals surface area (Å²) in [7, 11) is 0. The average molecular weight is 211 g/mol. The highest BCUT2D eigenvalue weighted by molar-refractivity contribution is 5.95. The zero-order valence-electron chi connectivity index (χ0n) is 8.27. The maximum absolute atomic E-state index is 11.3. The first-order valence-electron chi connectivity index (χ1n) is 4.66. The zero-order chi connectivity index (χ0) is 11.1. The van der Waals surface area contributed by atoms with E-state index in [0.29, 0.717) is 13.0 Å². The summed E-state index contributed by atoms with van der Waals surface area (Å²) in [6.45, 7) is 0.151. The second-order valence-corrected chi connectivity index (χ2v) is 2.95. The first-order chi connectivity index (χ1) is 7.24. The van der Waals surface area contributed by atoms with Crippen molar-refractivity contribution in [1.82, 2.24) is 0 Å². The van der Waals surface area contributed by atoms with Crippen LogP contribution in [0.3, 0.4) is 0 Å². The zero-order valence-corrected chi connectivity index (χ0v) is 8.27. The van der Waals surface area contributed by atoms with E-state index in [1.165, 1.54) is 12.3 Å². The molecular formula is C10H13NO4. The molecule has 0 atom stereocenters. The fraction of sp³-hybridized carbons (Fsp3) is 0.400. The quantitative estimate of drug-likeness (QED) is 0.554. The number of Topliss-reactive ketones (excluding diaryl/α,β-unsaturated/α-hetero) is 1. The first-order valence-corrected chi connectivity index (χ1v) is 4.66. The Kier molecular flexibility index (Phi) is 4.56. The summed E-state index contributed by atoms with van der Waals surface area (Å²) in [5.74, 6) is -0.567. The van der Waals surface area contributed by atoms with Crippen molar-refractivity contribution in [3.05, 3.63) is 24.2 Å². The van der Waals surface area contributed by atoms with Gasteiger partial charge in [0.05, 0.1) is 6.26 Å². The summed E-state index contributed by atoms with van der Waals surface area (Å²) >= 11 is 0. The lowest BCUT2D eigenvalue weighted by Gasteiger charge is -2.01. The van der Waals surface area contributed by atoms with E-state index < -0.39 is 5.97 Å². The molecule has 0 unspecified atom stereocenters. The predicted octanol–water partition coefficient (Wildman–Crippen LogP) is 0.744. The lowest BCUT2D eigenvalue weighted by atomic mass is 10.3. The molecule has 5 heteroatoms. The molecule has 0 amide bonds. The van der Waals surface area contributed by atoms with Gasteiger partial charge in [-0.15, -0.1) is 0 Å². The van der Waals surface area contributed by atoms with Crippen molar-refractivity contribution in [3.8, 4) is 0 Å². The summed E-state index contributed by atoms with van der Waals surface area (Å²) < 4.78 is 9.57. The molecule has 0 saturated carbocycles. The number of nitrogens with two attached hydrogens (primary N) is 1. The molecule has 0 aliphatic carbocycles. The van der Waals surface area contributed by atoms with Crippen molar-refractivity contribution in [3.63, 3.8) is 0 Å². The molecule has 1 heterocycles. The van der Waals surface area contributed by atoms with Crippen molar-refractivity contribution in [1.29, 1.82) is 0 Å². The van der Waals surface area contributed by atoms with Crippen LogP contribution in [0.25, 0.3) is 0 Å². The number of carbonyl (C=O) groups is 2. The van der Waals surface area contributed by atoms with Gasteiger partial charge in [0, 0.05) is 6.42 Å². The number of hydrogen-bond acceptors (Lipinski definition) is 5. The maximum Gasteiger partial charge on any atom is 0.306 e. The van der Waals surface area contributed by atoms with Crippen molar-refractivity contribution in [2.75, 3.05) is 13.2 Å². The lowest BCUT2D eigenvalue weighted by molar-refractivity contribution is -0.142. The van der Waals surface area contributed by atoms with E-state index in [4.69, 9.17) is 14.9 Å². The Morgan fingerprint density at radius 3 is 2.87 bits per heavy atom. The van der Waals surface area contributed by atoms with Crippen molar-refractivity contribution in [2.24, 2.45) is 5.73 Å². The van der Waals surface area contributed by atoms with Gasteiger partial charge in [-0.1, -0.05) is 0 Å². The number of esters is 1. The molecule has 0 spiro atoms. The largest absolute Gasteiger partial charge is 0.461 e. The summed E-state index contributed by atoms with van der Waals surface area (Å²) in [5.41, 5.74) is 5.22. The smallest absolute Gasteiger partial charge is 0.306 e. The molecule has 15 heavy (non-hydrogen) atoms. The molecule has 0 fully saturated rings. The molecule has 0 aliphatic rings. The Labute approximate surface area is 87.2 Å². The number of rotatable bonds is 6. The van der Waals surface area contributed by atoms with E-state index in [1.54, 1.807) is 6.07 Å². The van der Waals surface area contributed by atoms with Gasteiger partial charge in [0.1, 0.15) is 0 Å². The average Bonchev–Trinajstić information content (AvgIpc) is 2.76. The molecule has 0 saturated heterocycles. The van der Waals surface area contributed by atoms with Gasteiger partial charge in [-0.2, -0.15) is 0 Å². The van der Waals surface area contributed by atoms with Gasteiger partial charge in [-0.05, 0) is 25.1 Å². The van der Waals surface area contributed by atoms with E-state index in [0.717, 1.165) is 0 Å². The first kappa shape index (κ1) is 11.5. The topological polar surface area (TPSA) is 82.5 Å². The van der Waals surface area contributed by atoms with Gasteiger partial charge in [-0.3, -0.25) is 9.59 Å². The summed E-state index contributed by atoms with van der Waals surface area (Å²) in [5, 5.41) is 0. The van der Waals surface area contributed by atoms with E-state index in [9.17, 15) is 9.59 Å². The minimum absolute atomic E-state index is 0.196. The van der Waals surface area contributed by atoms with Crippen LogP contribution in [0.1, 0.15) is 23.4 Å². The standard InChI is InChI=1S/C10H13NO4/c11-5-1-4-10(13)15-7-8(12)9-3-2-6-14-9/h2-3,6H,1,4-5,7,11H2. The van der Waals surface area contributed by atoms with Crippen LogP contribution in [-0.4, -0.2) is 24.9 Å². The summed E-state index contributed by atoms with van der Waals surface area (Å²) in [6.07, 6.45) is 2.19. The van der Waals surface area contributed by atoms with Gasteiger partial charge < -0.3 is 14.9 Å². The molecule has 1 aromatic heterocycles. The van der Waals surface area contributed by atoms with Gasteiger partial charge >= 0.3 is 5.97 Å². The third-order valence-corrected chi connectivity index (χ3v) is 1.75. The molecule has 0 aliphatic heterocycles. The van der Waals surface area contributed by atoms with Gasteiger partial charge in [0.15, 0.2) is 12.4 Å². The minimum Gasteiger partial charge on any atom is -0.461 e. The Balaban J connectivity index is 2.25. The normalized spacial score (nSPS) is 9.93. The molecule has 2 N–H and O–H groups in total. The van der Waals surface area contributed by atoms with Crippen LogP contribution >= 0.6 is 0 Å². The third-order valence-electron chi connectivity index (χ3n) is 1.75. The molecule has 0 radical (unpaired) electrons. The van der Waals surface area contributed by atoms with Crippen LogP contribution in [-0.2, 0) is 9.53 Å². The van der Waals surface area contributed by atoms with Crippen LogP contribution in [0, 0.1) is 0 Å². The Hall–Kier alpha value is -1.62. The molecule has 0 bridgehead atoms. The molecule has 1 rings (SSSR count). The van der Waals surface area contributed by atoms with Gasteiger partial charge in [0.2, 0.25) is 5.78 Å². The molecule has 5 nitrogen and oxygen atoms in total. The second kappa shape index (κ2) is 5.98. The van der Waals surface area contributed by atoms with Crippen LogP contribution in [0.2, 0.25) is 0 Å². The predicted molar refractivity (Wildman–Crippen MR) is 52.3 cm³/mol. The summed E-state index contributed by atoms with van der Waals surface area (Å²) in [6, 6.07) is 3.12. The number of ketones is 1. The SMILES string of the molecule is NCCCC(=O)OCC(=O)c1ccco1. The van der Waals surface area contributed by atoms with E-state index in [-0.39, 0.29) is 24.6 Å². The lowest BCUT2D eigenvalue weighted by Crippen LogP contribution is -2.14. The van der Waals surface area contributed by atoms with Crippen LogP contribution < -0.4 is 5.73 Å². The maximum atomic E-state index is 11.3. The van der Waals surface area contributed by atoms with Crippen molar-refractivity contribution in [2.45, 2.75) is 12.8 Å². The molecular weight excluding hydrogens is 198 g/mol. The molecule has 1 aromatic rings. The van der Waals surface area contributed by atoms with Gasteiger partial charge in [-0.25, -0.2) is 0 Å². The van der Waals surface area contributed by atoms with Crippen LogP contribution in [0.15, 0.2) is 22.8 Å². The third kappa shape index (κ3) is 3.95. The fourth-order valence-corrected chi connectivity index (χ4v) is 0.973. The Morgan fingerprint density at radius 1 is 1.47 bits per heavy atom. The number of carbonyl (C=O) groups excluding carboxylic acids is 2. The molecule has 0 aromatic carbocycles. The summed E-state index contributed by atoms with van der Waals surface area (Å²) in [4.78, 5) is 22.3. The minimum atomic E-state index is -0.416. The highest BCUT2D eigenvalue weighted by atomic mass is 16.5. The van der Waals surface area contributed by atoms with Crippen LogP contribution in [0.4, 0.5) is 0 Å². The Morgan fingerprint density at radius 2 is 2.27 bits per heavy atom. The van der Waals surface area contributed by atoms with E-state index in [2.05, 4.69) is 0 Å². The highest BCUT2D eigenvalue weighted by Gasteiger charge is 2.11. The highest BCUT2D eigenvalue weighted by Crippen LogP contribution is 2.02. The Bertz CT molecular complexity index is 318. The van der Waals surface area contributed by atoms with E-state index >= 15 is 0 Å². The second-order valence-electron chi connectivity index (χ2n) is 2.95. The van der Waals surface area contributed by atoms with Crippen molar-refractivity contribution >= 4 is 11.8 Å². The fourth-order valence-electron chi connectivity index (χ4n) is 0.973. The van der Waals surface area contributed by atoms with Gasteiger partial charge in [0.25, 0.3) is 0 Å². The van der Waals surface area contributed by atoms with Crippen molar-refractivity contribution < 1.29 is 18.7 Å². The van der Waals surface area contributed by atoms with E-state index in [1.807, 2.05) is 0 Å².